The lowest BCUT2D eigenvalue weighted by atomic mass is 10.2. The standard InChI is InChI=1S/C22H17Cl2N3O3/c23-17-10-19-20(11-18(17)24)27(22(28)29-12-14-5-2-1-3-6-14)21(26-19)15-7-4-8-16(9-15)30-13-25/h1-11H,12-13,25H2. The van der Waals surface area contributed by atoms with Gasteiger partial charge in [-0.2, -0.15) is 0 Å². The number of carbonyl (C=O) groups excluding carboxylic acids is 1. The highest BCUT2D eigenvalue weighted by Crippen LogP contribution is 2.32. The number of nitrogens with two attached hydrogens (primary N) is 1. The zero-order valence-corrected chi connectivity index (χ0v) is 17.2. The van der Waals surface area contributed by atoms with Crippen LogP contribution in [-0.4, -0.2) is 22.4 Å². The van der Waals surface area contributed by atoms with Gasteiger partial charge in [-0.3, -0.25) is 5.73 Å². The molecule has 0 saturated heterocycles. The summed E-state index contributed by atoms with van der Waals surface area (Å²) in [6, 6.07) is 19.8. The number of rotatable bonds is 5. The highest BCUT2D eigenvalue weighted by atomic mass is 35.5. The zero-order valence-electron chi connectivity index (χ0n) is 15.7. The van der Waals surface area contributed by atoms with Crippen LogP contribution in [0.3, 0.4) is 0 Å². The second-order valence-corrected chi connectivity index (χ2v) is 7.22. The lowest BCUT2D eigenvalue weighted by Gasteiger charge is -2.10. The molecule has 4 rings (SSSR count). The van der Waals surface area contributed by atoms with E-state index in [9.17, 15) is 4.79 Å². The van der Waals surface area contributed by atoms with Crippen molar-refractivity contribution in [2.24, 2.45) is 5.73 Å². The highest BCUT2D eigenvalue weighted by Gasteiger charge is 2.21. The summed E-state index contributed by atoms with van der Waals surface area (Å²) in [5, 5.41) is 0.658. The molecule has 6 nitrogen and oxygen atoms in total. The molecule has 0 aliphatic heterocycles. The molecule has 0 bridgehead atoms. The average molecular weight is 442 g/mol. The van der Waals surface area contributed by atoms with Crippen LogP contribution in [-0.2, 0) is 11.3 Å². The quantitative estimate of drug-likeness (QED) is 0.414. The number of halogens is 2. The van der Waals surface area contributed by atoms with Crippen LogP contribution in [0.1, 0.15) is 5.56 Å². The molecule has 0 aliphatic carbocycles. The molecule has 4 aromatic rings. The van der Waals surface area contributed by atoms with Crippen LogP contribution >= 0.6 is 23.2 Å². The average Bonchev–Trinajstić information content (AvgIpc) is 3.12. The first-order chi connectivity index (χ1) is 14.6. The van der Waals surface area contributed by atoms with Gasteiger partial charge in [0.25, 0.3) is 0 Å². The maximum absolute atomic E-state index is 13.1. The summed E-state index contributed by atoms with van der Waals surface area (Å²) in [5.41, 5.74) is 8.00. The van der Waals surface area contributed by atoms with Crippen LogP contribution in [0, 0.1) is 0 Å². The van der Waals surface area contributed by atoms with Gasteiger partial charge < -0.3 is 9.47 Å². The van der Waals surface area contributed by atoms with E-state index in [1.54, 1.807) is 30.3 Å². The first-order valence-electron chi connectivity index (χ1n) is 9.08. The van der Waals surface area contributed by atoms with E-state index in [2.05, 4.69) is 4.98 Å². The van der Waals surface area contributed by atoms with Crippen molar-refractivity contribution in [2.75, 3.05) is 6.73 Å². The third-order valence-corrected chi connectivity index (χ3v) is 5.15. The number of nitrogens with zero attached hydrogens (tertiary/aromatic N) is 2. The Morgan fingerprint density at radius 1 is 1.00 bits per heavy atom. The molecule has 3 aromatic carbocycles. The highest BCUT2D eigenvalue weighted by molar-refractivity contribution is 6.42. The van der Waals surface area contributed by atoms with Crippen molar-refractivity contribution in [1.29, 1.82) is 0 Å². The van der Waals surface area contributed by atoms with Gasteiger partial charge in [-0.25, -0.2) is 14.3 Å². The number of carbonyl (C=O) groups is 1. The van der Waals surface area contributed by atoms with Crippen molar-refractivity contribution in [3.8, 4) is 17.1 Å². The molecule has 8 heteroatoms. The van der Waals surface area contributed by atoms with E-state index in [4.69, 9.17) is 38.4 Å². The predicted octanol–water partition coefficient (Wildman–Crippen LogP) is 5.49. The van der Waals surface area contributed by atoms with Crippen molar-refractivity contribution in [3.05, 3.63) is 82.3 Å². The summed E-state index contributed by atoms with van der Waals surface area (Å²) in [6.45, 7) is 0.153. The summed E-state index contributed by atoms with van der Waals surface area (Å²) in [5.74, 6) is 0.936. The maximum atomic E-state index is 13.1. The Bertz CT molecular complexity index is 1210. The molecule has 0 aliphatic rings. The Hall–Kier alpha value is -3.06. The minimum atomic E-state index is -0.583. The molecular weight excluding hydrogens is 425 g/mol. The summed E-state index contributed by atoms with van der Waals surface area (Å²) in [7, 11) is 0. The SMILES string of the molecule is NCOc1cccc(-c2nc3cc(Cl)c(Cl)cc3n2C(=O)OCc2ccccc2)c1. The van der Waals surface area contributed by atoms with E-state index in [-0.39, 0.29) is 13.3 Å². The van der Waals surface area contributed by atoms with E-state index < -0.39 is 6.09 Å². The van der Waals surface area contributed by atoms with Crippen LogP contribution in [0.25, 0.3) is 22.4 Å². The van der Waals surface area contributed by atoms with Crippen LogP contribution in [0.5, 0.6) is 5.75 Å². The van der Waals surface area contributed by atoms with Crippen molar-refractivity contribution >= 4 is 40.3 Å². The molecule has 30 heavy (non-hydrogen) atoms. The fourth-order valence-electron chi connectivity index (χ4n) is 3.06. The van der Waals surface area contributed by atoms with Crippen LogP contribution in [0.4, 0.5) is 4.79 Å². The minimum absolute atomic E-state index is 0.0319. The van der Waals surface area contributed by atoms with Gasteiger partial charge in [0.1, 0.15) is 19.1 Å². The Kier molecular flexibility index (Phi) is 5.90. The number of benzene rings is 3. The summed E-state index contributed by atoms with van der Waals surface area (Å²) in [4.78, 5) is 17.7. The number of aromatic nitrogens is 2. The smallest absolute Gasteiger partial charge is 0.420 e. The second-order valence-electron chi connectivity index (χ2n) is 6.40. The number of ether oxygens (including phenoxy) is 2. The minimum Gasteiger partial charge on any atom is -0.479 e. The lowest BCUT2D eigenvalue weighted by Crippen LogP contribution is -2.15. The predicted molar refractivity (Wildman–Crippen MR) is 117 cm³/mol. The maximum Gasteiger partial charge on any atom is 0.420 e. The van der Waals surface area contributed by atoms with Gasteiger partial charge in [-0.15, -0.1) is 0 Å². The molecule has 0 fully saturated rings. The van der Waals surface area contributed by atoms with Crippen LogP contribution in [0.15, 0.2) is 66.7 Å². The van der Waals surface area contributed by atoms with Gasteiger partial charge in [0.2, 0.25) is 0 Å². The van der Waals surface area contributed by atoms with Crippen molar-refractivity contribution in [2.45, 2.75) is 6.61 Å². The van der Waals surface area contributed by atoms with Gasteiger partial charge in [0.05, 0.1) is 21.1 Å². The molecule has 0 saturated carbocycles. The van der Waals surface area contributed by atoms with Gasteiger partial charge in [0, 0.05) is 5.56 Å². The Morgan fingerprint density at radius 2 is 1.77 bits per heavy atom. The van der Waals surface area contributed by atoms with Crippen molar-refractivity contribution < 1.29 is 14.3 Å². The number of fused-ring (bicyclic) bond motifs is 1. The zero-order chi connectivity index (χ0) is 21.1. The molecular formula is C22H17Cl2N3O3. The topological polar surface area (TPSA) is 79.4 Å². The molecule has 1 aromatic heterocycles. The summed E-state index contributed by atoms with van der Waals surface area (Å²) in [6.07, 6.45) is -0.583. The summed E-state index contributed by atoms with van der Waals surface area (Å²) >= 11 is 12.4. The summed E-state index contributed by atoms with van der Waals surface area (Å²) < 4.78 is 12.3. The van der Waals surface area contributed by atoms with E-state index in [0.29, 0.717) is 38.2 Å². The van der Waals surface area contributed by atoms with E-state index in [0.717, 1.165) is 5.56 Å². The third kappa shape index (κ3) is 4.11. The fraction of sp³-hybridized carbons (Fsp3) is 0.0909. The fourth-order valence-corrected chi connectivity index (χ4v) is 3.37. The molecule has 0 spiro atoms. The molecule has 0 amide bonds. The number of imidazole rings is 1. The van der Waals surface area contributed by atoms with Crippen molar-refractivity contribution in [1.82, 2.24) is 9.55 Å². The van der Waals surface area contributed by atoms with Crippen LogP contribution < -0.4 is 10.5 Å². The number of hydrogen-bond donors (Lipinski definition) is 1. The first kappa shape index (κ1) is 20.2. The van der Waals surface area contributed by atoms with Gasteiger partial charge >= 0.3 is 6.09 Å². The largest absolute Gasteiger partial charge is 0.479 e. The van der Waals surface area contributed by atoms with Gasteiger partial charge in [-0.05, 0) is 29.8 Å². The lowest BCUT2D eigenvalue weighted by molar-refractivity contribution is 0.142. The van der Waals surface area contributed by atoms with E-state index in [1.807, 2.05) is 36.4 Å². The van der Waals surface area contributed by atoms with Crippen molar-refractivity contribution in [3.63, 3.8) is 0 Å². The van der Waals surface area contributed by atoms with E-state index >= 15 is 0 Å². The first-order valence-corrected chi connectivity index (χ1v) is 9.84. The molecule has 0 atom stereocenters. The third-order valence-electron chi connectivity index (χ3n) is 4.43. The monoisotopic (exact) mass is 441 g/mol. The molecule has 152 valence electrons. The second kappa shape index (κ2) is 8.75. The Morgan fingerprint density at radius 3 is 2.53 bits per heavy atom. The Balaban J connectivity index is 1.79. The van der Waals surface area contributed by atoms with Gasteiger partial charge in [0.15, 0.2) is 5.82 Å². The van der Waals surface area contributed by atoms with E-state index in [1.165, 1.54) is 4.57 Å². The molecule has 0 unspecified atom stereocenters. The Labute approximate surface area is 182 Å². The normalized spacial score (nSPS) is 10.9. The molecule has 2 N–H and O–H groups in total. The molecule has 1 heterocycles. The number of hydrogen-bond acceptors (Lipinski definition) is 5. The molecule has 0 radical (unpaired) electrons. The van der Waals surface area contributed by atoms with Crippen LogP contribution in [0.2, 0.25) is 10.0 Å². The van der Waals surface area contributed by atoms with Gasteiger partial charge in [-0.1, -0.05) is 65.7 Å².